The molecule has 0 radical (unpaired) electrons. The third-order valence-corrected chi connectivity index (χ3v) is 16.4. The molecule has 0 atom stereocenters. The number of pyridine rings is 2. The summed E-state index contributed by atoms with van der Waals surface area (Å²) in [7, 11) is 8.10. The number of hydrogen-bond donors (Lipinski definition) is 0. The van der Waals surface area contributed by atoms with Gasteiger partial charge in [-0.3, -0.25) is 19.2 Å². The third-order valence-electron chi connectivity index (χ3n) is 16.4. The van der Waals surface area contributed by atoms with Gasteiger partial charge in [-0.25, -0.2) is 9.13 Å². The Morgan fingerprint density at radius 3 is 0.847 bits per heavy atom. The minimum absolute atomic E-state index is 0.0379. The lowest BCUT2D eigenvalue weighted by molar-refractivity contribution is 0.792. The standard InChI is InChI=1S/C64H56N4O4/c1-29(2)35-15-13-16-36(30(3)4)59(35)67-61(69)47-25-43-39-21-19-34(66(11)12)24-42(39)46-28-50-52-48(62(70)68(64(50)72)60-37(31(5)6)17-14-18-38(60)32(7)8)26-44-40-22-20-33(65(9)10)23-41(40)45-27-49(63(67)71)51(47)57-53(43)56(46)58(52)54(44)55(45)57/h13-32H,1-12H3. The topological polar surface area (TPSA) is 84.6 Å². The summed E-state index contributed by atoms with van der Waals surface area (Å²) in [5.74, 6) is 0.152. The summed E-state index contributed by atoms with van der Waals surface area (Å²) in [6.45, 7) is 16.9. The van der Waals surface area contributed by atoms with Gasteiger partial charge in [0.05, 0.1) is 11.4 Å². The minimum atomic E-state index is -0.344. The lowest BCUT2D eigenvalue weighted by Crippen LogP contribution is -2.34. The van der Waals surface area contributed by atoms with Crippen LogP contribution in [-0.2, 0) is 0 Å². The quantitative estimate of drug-likeness (QED) is 0.111. The Hall–Kier alpha value is -7.84. The van der Waals surface area contributed by atoms with Gasteiger partial charge in [-0.15, -0.1) is 0 Å². The number of rotatable bonds is 8. The first-order chi connectivity index (χ1) is 34.4. The molecule has 8 heteroatoms. The first kappa shape index (κ1) is 44.1. The van der Waals surface area contributed by atoms with E-state index in [2.05, 4.69) is 102 Å². The summed E-state index contributed by atoms with van der Waals surface area (Å²) in [5.41, 5.74) is 5.70. The molecule has 356 valence electrons. The van der Waals surface area contributed by atoms with Gasteiger partial charge in [-0.05, 0) is 159 Å². The first-order valence-electron chi connectivity index (χ1n) is 25.4. The van der Waals surface area contributed by atoms with Gasteiger partial charge in [-0.2, -0.15) is 0 Å². The van der Waals surface area contributed by atoms with E-state index in [1.54, 1.807) is 0 Å². The van der Waals surface area contributed by atoms with Gasteiger partial charge >= 0.3 is 0 Å². The molecule has 0 aliphatic heterocycles. The largest absolute Gasteiger partial charge is 0.378 e. The highest BCUT2D eigenvalue weighted by Gasteiger charge is 2.33. The van der Waals surface area contributed by atoms with Gasteiger partial charge in [-0.1, -0.05) is 104 Å². The Morgan fingerprint density at radius 1 is 0.306 bits per heavy atom. The van der Waals surface area contributed by atoms with Gasteiger partial charge < -0.3 is 9.80 Å². The van der Waals surface area contributed by atoms with E-state index < -0.39 is 0 Å². The molecule has 13 rings (SSSR count). The highest BCUT2D eigenvalue weighted by Crippen LogP contribution is 2.55. The molecule has 11 aromatic carbocycles. The number of anilines is 2. The fraction of sp³-hybridized carbons (Fsp3) is 0.250. The van der Waals surface area contributed by atoms with Crippen LogP contribution in [0.15, 0.2) is 116 Å². The molecule has 0 spiro atoms. The number of fused-ring (bicyclic) bond motifs is 6. The van der Waals surface area contributed by atoms with E-state index in [9.17, 15) is 0 Å². The SMILES string of the molecule is CC(C)c1cccc(C(C)C)c1-n1c(=O)c2cc3c4ccc(N(C)C)cc4c4cc5c(=O)n(-c6c(C(C)C)cccc6C(C)C)c(=O)c6cc7c8ccc(N(C)C)cc8c8cc(c1=O)c2c1c3c4c(c65)c7c81. The lowest BCUT2D eigenvalue weighted by atomic mass is 9.77. The van der Waals surface area contributed by atoms with Crippen LogP contribution in [0.1, 0.15) is 101 Å². The van der Waals surface area contributed by atoms with Crippen molar-refractivity contribution < 1.29 is 0 Å². The Labute approximate surface area is 415 Å². The van der Waals surface area contributed by atoms with Crippen molar-refractivity contribution in [3.63, 3.8) is 0 Å². The van der Waals surface area contributed by atoms with Crippen molar-refractivity contribution in [2.45, 2.75) is 79.1 Å². The Bertz CT molecular complexity index is 4370. The Balaban J connectivity index is 1.37. The highest BCUT2D eigenvalue weighted by atomic mass is 16.2. The van der Waals surface area contributed by atoms with Crippen molar-refractivity contribution in [1.29, 1.82) is 0 Å². The second kappa shape index (κ2) is 14.9. The van der Waals surface area contributed by atoms with Crippen LogP contribution >= 0.6 is 0 Å². The summed E-state index contributed by atoms with van der Waals surface area (Å²) < 4.78 is 2.96. The monoisotopic (exact) mass is 944 g/mol. The Morgan fingerprint density at radius 2 is 0.583 bits per heavy atom. The van der Waals surface area contributed by atoms with Crippen LogP contribution in [0.25, 0.3) is 119 Å². The number of nitrogens with zero attached hydrogens (tertiary/aromatic N) is 4. The average molecular weight is 945 g/mol. The summed E-state index contributed by atoms with van der Waals surface area (Å²) in [4.78, 5) is 67.6. The average Bonchev–Trinajstić information content (AvgIpc) is 3.35. The van der Waals surface area contributed by atoms with E-state index in [-0.39, 0.29) is 45.9 Å². The summed E-state index contributed by atoms with van der Waals surface area (Å²) >= 11 is 0. The van der Waals surface area contributed by atoms with Crippen LogP contribution in [0.3, 0.4) is 0 Å². The molecule has 0 amide bonds. The van der Waals surface area contributed by atoms with E-state index in [1.165, 1.54) is 9.13 Å². The van der Waals surface area contributed by atoms with Crippen molar-refractivity contribution in [3.8, 4) is 11.4 Å². The van der Waals surface area contributed by atoms with Crippen LogP contribution in [0, 0.1) is 0 Å². The van der Waals surface area contributed by atoms with Crippen LogP contribution < -0.4 is 32.0 Å². The van der Waals surface area contributed by atoms with Gasteiger partial charge in [0.2, 0.25) is 0 Å². The summed E-state index contributed by atoms with van der Waals surface area (Å²) in [6.07, 6.45) is 0. The first-order valence-corrected chi connectivity index (χ1v) is 25.4. The zero-order valence-electron chi connectivity index (χ0n) is 43.0. The van der Waals surface area contributed by atoms with Gasteiger partial charge in [0.25, 0.3) is 22.2 Å². The number of para-hydroxylation sites is 2. The number of hydrogen-bond acceptors (Lipinski definition) is 6. The van der Waals surface area contributed by atoms with Crippen molar-refractivity contribution in [2.75, 3.05) is 38.0 Å². The van der Waals surface area contributed by atoms with Gasteiger partial charge in [0.15, 0.2) is 0 Å². The smallest absolute Gasteiger partial charge is 0.266 e. The van der Waals surface area contributed by atoms with E-state index >= 15 is 19.2 Å². The molecular formula is C64H56N4O4. The lowest BCUT2D eigenvalue weighted by Gasteiger charge is -2.27. The molecule has 0 saturated heterocycles. The molecule has 8 nitrogen and oxygen atoms in total. The molecule has 0 aliphatic rings. The number of aromatic nitrogens is 2. The maximum Gasteiger partial charge on any atom is 0.266 e. The molecular weight excluding hydrogens is 889 g/mol. The fourth-order valence-corrected chi connectivity index (χ4v) is 13.0. The molecule has 0 aliphatic carbocycles. The minimum Gasteiger partial charge on any atom is -0.378 e. The van der Waals surface area contributed by atoms with Crippen LogP contribution in [0.2, 0.25) is 0 Å². The molecule has 0 bridgehead atoms. The fourth-order valence-electron chi connectivity index (χ4n) is 13.0. The zero-order valence-corrected chi connectivity index (χ0v) is 43.0. The second-order valence-electron chi connectivity index (χ2n) is 22.2. The van der Waals surface area contributed by atoms with E-state index in [1.807, 2.05) is 88.9 Å². The van der Waals surface area contributed by atoms with Crippen LogP contribution in [-0.4, -0.2) is 37.3 Å². The predicted octanol–water partition coefficient (Wildman–Crippen LogP) is 14.1. The molecule has 13 aromatic rings. The Kier molecular flexibility index (Phi) is 9.11. The molecule has 0 unspecified atom stereocenters. The zero-order chi connectivity index (χ0) is 50.4. The maximum atomic E-state index is 15.9. The molecule has 0 N–H and O–H groups in total. The summed E-state index contributed by atoms with van der Waals surface area (Å²) in [6, 6.07) is 33.3. The maximum absolute atomic E-state index is 15.9. The molecule has 2 aromatic heterocycles. The predicted molar refractivity (Wildman–Crippen MR) is 306 cm³/mol. The third kappa shape index (κ3) is 5.47. The summed E-state index contributed by atoms with van der Waals surface area (Å²) in [5, 5.41) is 15.9. The van der Waals surface area contributed by atoms with Gasteiger partial charge in [0.1, 0.15) is 0 Å². The number of benzene rings is 11. The van der Waals surface area contributed by atoms with E-state index in [0.717, 1.165) is 109 Å². The van der Waals surface area contributed by atoms with E-state index in [0.29, 0.717) is 43.7 Å². The van der Waals surface area contributed by atoms with Crippen molar-refractivity contribution in [1.82, 2.24) is 9.13 Å². The molecule has 0 saturated carbocycles. The van der Waals surface area contributed by atoms with Crippen LogP contribution in [0.5, 0.6) is 0 Å². The van der Waals surface area contributed by atoms with Crippen molar-refractivity contribution in [3.05, 3.63) is 161 Å². The molecule has 72 heavy (non-hydrogen) atoms. The van der Waals surface area contributed by atoms with Crippen LogP contribution in [0.4, 0.5) is 11.4 Å². The van der Waals surface area contributed by atoms with Crippen molar-refractivity contribution >= 4 is 119 Å². The van der Waals surface area contributed by atoms with Gasteiger partial charge in [0, 0.05) is 82.7 Å². The molecule has 0 fully saturated rings. The van der Waals surface area contributed by atoms with Crippen molar-refractivity contribution in [2.24, 2.45) is 0 Å². The molecule has 2 heterocycles. The second-order valence-corrected chi connectivity index (χ2v) is 22.2. The van der Waals surface area contributed by atoms with E-state index in [4.69, 9.17) is 0 Å². The normalized spacial score (nSPS) is 12.9. The highest BCUT2D eigenvalue weighted by molar-refractivity contribution is 6.54.